The van der Waals surface area contributed by atoms with Gasteiger partial charge in [-0.3, -0.25) is 0 Å². The summed E-state index contributed by atoms with van der Waals surface area (Å²) in [5, 5.41) is 11.3. The van der Waals surface area contributed by atoms with Crippen molar-refractivity contribution < 1.29 is 33.5 Å². The quantitative estimate of drug-likeness (QED) is 0.842. The molecule has 0 radical (unpaired) electrons. The summed E-state index contributed by atoms with van der Waals surface area (Å²) in [6, 6.07) is 7.67. The van der Waals surface area contributed by atoms with E-state index in [4.69, 9.17) is 28.4 Å². The minimum atomic E-state index is -1.22. The average molecular weight is 400 g/mol. The maximum atomic E-state index is 11.3. The molecule has 0 unspecified atom stereocenters. The fraction of sp³-hybridized carbons (Fsp3) is 0.455. The van der Waals surface area contributed by atoms with Crippen molar-refractivity contribution in [1.29, 1.82) is 0 Å². The summed E-state index contributed by atoms with van der Waals surface area (Å²) >= 11 is 0. The predicted octanol–water partition coefficient (Wildman–Crippen LogP) is 3.45. The zero-order valence-electron chi connectivity index (χ0n) is 16.7. The van der Waals surface area contributed by atoms with Crippen LogP contribution in [0.25, 0.3) is 0 Å². The second kappa shape index (κ2) is 6.62. The summed E-state index contributed by atoms with van der Waals surface area (Å²) < 4.78 is 33.8. The van der Waals surface area contributed by atoms with Gasteiger partial charge in [-0.05, 0) is 36.6 Å². The van der Waals surface area contributed by atoms with Gasteiger partial charge in [-0.2, -0.15) is 0 Å². The molecule has 7 heteroatoms. The van der Waals surface area contributed by atoms with E-state index in [9.17, 15) is 5.11 Å². The number of fused-ring (bicyclic) bond motifs is 3. The van der Waals surface area contributed by atoms with E-state index < -0.39 is 5.79 Å². The van der Waals surface area contributed by atoms with Crippen LogP contribution in [0.5, 0.6) is 34.5 Å². The largest absolute Gasteiger partial charge is 0.493 e. The van der Waals surface area contributed by atoms with Crippen molar-refractivity contribution in [2.45, 2.75) is 31.0 Å². The molecular weight excluding hydrogens is 376 g/mol. The Labute approximate surface area is 169 Å². The number of hydrogen-bond acceptors (Lipinski definition) is 7. The van der Waals surface area contributed by atoms with Crippen LogP contribution in [-0.4, -0.2) is 39.0 Å². The van der Waals surface area contributed by atoms with Gasteiger partial charge in [0.15, 0.2) is 23.0 Å². The van der Waals surface area contributed by atoms with E-state index in [1.54, 1.807) is 21.3 Å². The Hall–Kier alpha value is -2.80. The highest BCUT2D eigenvalue weighted by atomic mass is 16.7. The van der Waals surface area contributed by atoms with E-state index in [-0.39, 0.29) is 18.6 Å². The van der Waals surface area contributed by atoms with E-state index in [0.717, 1.165) is 24.0 Å². The smallest absolute Gasteiger partial charge is 0.231 e. The van der Waals surface area contributed by atoms with Crippen molar-refractivity contribution in [2.24, 2.45) is 5.92 Å². The molecule has 2 aliphatic heterocycles. The summed E-state index contributed by atoms with van der Waals surface area (Å²) in [5.74, 6) is 2.21. The van der Waals surface area contributed by atoms with Gasteiger partial charge < -0.3 is 33.5 Å². The molecule has 3 atom stereocenters. The van der Waals surface area contributed by atoms with Crippen LogP contribution in [0, 0.1) is 5.92 Å². The molecule has 1 fully saturated rings. The fourth-order valence-corrected chi connectivity index (χ4v) is 4.91. The molecule has 0 bridgehead atoms. The minimum absolute atomic E-state index is 0.0989. The van der Waals surface area contributed by atoms with Crippen molar-refractivity contribution >= 4 is 0 Å². The Morgan fingerprint density at radius 3 is 2.28 bits per heavy atom. The molecule has 0 spiro atoms. The predicted molar refractivity (Wildman–Crippen MR) is 103 cm³/mol. The minimum Gasteiger partial charge on any atom is -0.493 e. The van der Waals surface area contributed by atoms with Crippen LogP contribution in [0.4, 0.5) is 0 Å². The van der Waals surface area contributed by atoms with E-state index in [2.05, 4.69) is 0 Å². The van der Waals surface area contributed by atoms with E-state index in [1.165, 1.54) is 0 Å². The van der Waals surface area contributed by atoms with Gasteiger partial charge >= 0.3 is 0 Å². The second-order valence-electron chi connectivity index (χ2n) is 7.63. The third-order valence-corrected chi connectivity index (χ3v) is 6.20. The molecule has 5 rings (SSSR count). The molecule has 2 heterocycles. The maximum Gasteiger partial charge on any atom is 0.231 e. The first kappa shape index (κ1) is 18.2. The second-order valence-corrected chi connectivity index (χ2v) is 7.63. The van der Waals surface area contributed by atoms with Crippen LogP contribution in [0.15, 0.2) is 24.3 Å². The number of methoxy groups -OCH3 is 3. The Bertz CT molecular complexity index is 931. The summed E-state index contributed by atoms with van der Waals surface area (Å²) in [5.41, 5.74) is 1.92. The molecule has 1 aliphatic carbocycles. The Morgan fingerprint density at radius 1 is 0.931 bits per heavy atom. The van der Waals surface area contributed by atoms with Crippen LogP contribution in [0.2, 0.25) is 0 Å². The SMILES string of the molecule is COc1cc([C@H]2c3cc4c(cc3O[C@]3(O)CCC[C@H]23)OCO4)cc(OC)c1OC. The highest BCUT2D eigenvalue weighted by Crippen LogP contribution is 2.57. The van der Waals surface area contributed by atoms with Gasteiger partial charge in [-0.1, -0.05) is 0 Å². The standard InChI is InChI=1S/C22H24O7/c1-24-18-7-12(8-19(25-2)21(18)26-3)20-13-9-16-17(28-11-27-16)10-15(13)29-22(23)6-4-5-14(20)22/h7-10,14,20,23H,4-6,11H2,1-3H3/t14-,20+,22-/m1/s1. The van der Waals surface area contributed by atoms with Gasteiger partial charge in [-0.25, -0.2) is 0 Å². The van der Waals surface area contributed by atoms with Gasteiger partial charge in [0.2, 0.25) is 18.3 Å². The fourth-order valence-electron chi connectivity index (χ4n) is 4.91. The molecule has 0 saturated heterocycles. The Balaban J connectivity index is 1.71. The summed E-state index contributed by atoms with van der Waals surface area (Å²) in [7, 11) is 4.78. The monoisotopic (exact) mass is 400 g/mol. The first-order valence-corrected chi connectivity index (χ1v) is 9.73. The number of ether oxygens (including phenoxy) is 6. The number of aliphatic hydroxyl groups is 1. The molecular formula is C22H24O7. The lowest BCUT2D eigenvalue weighted by atomic mass is 9.75. The molecule has 2 aromatic carbocycles. The molecule has 29 heavy (non-hydrogen) atoms. The molecule has 7 nitrogen and oxygen atoms in total. The average Bonchev–Trinajstić information content (AvgIpc) is 3.34. The van der Waals surface area contributed by atoms with Crippen molar-refractivity contribution in [3.05, 3.63) is 35.4 Å². The Morgan fingerprint density at radius 2 is 1.62 bits per heavy atom. The molecule has 0 amide bonds. The van der Waals surface area contributed by atoms with Gasteiger partial charge in [0.05, 0.1) is 21.3 Å². The maximum absolute atomic E-state index is 11.3. The molecule has 1 saturated carbocycles. The normalized spacial score (nSPS) is 26.3. The molecule has 154 valence electrons. The van der Waals surface area contributed by atoms with Crippen molar-refractivity contribution in [1.82, 2.24) is 0 Å². The topological polar surface area (TPSA) is 75.6 Å². The number of benzene rings is 2. The lowest BCUT2D eigenvalue weighted by Crippen LogP contribution is -2.46. The molecule has 3 aliphatic rings. The van der Waals surface area contributed by atoms with Crippen LogP contribution >= 0.6 is 0 Å². The van der Waals surface area contributed by atoms with Gasteiger partial charge in [0, 0.05) is 29.9 Å². The first-order chi connectivity index (χ1) is 14.1. The Kier molecular flexibility index (Phi) is 4.17. The number of hydrogen-bond donors (Lipinski definition) is 1. The van der Waals surface area contributed by atoms with E-state index in [0.29, 0.717) is 40.9 Å². The third-order valence-electron chi connectivity index (χ3n) is 6.20. The zero-order chi connectivity index (χ0) is 20.2. The lowest BCUT2D eigenvalue weighted by molar-refractivity contribution is -0.175. The van der Waals surface area contributed by atoms with Crippen LogP contribution in [0.3, 0.4) is 0 Å². The summed E-state index contributed by atoms with van der Waals surface area (Å²) in [6.07, 6.45) is 2.33. The highest BCUT2D eigenvalue weighted by Gasteiger charge is 2.53. The molecule has 0 aromatic heterocycles. The van der Waals surface area contributed by atoms with Crippen molar-refractivity contribution in [3.8, 4) is 34.5 Å². The van der Waals surface area contributed by atoms with E-state index in [1.807, 2.05) is 24.3 Å². The summed E-state index contributed by atoms with van der Waals surface area (Å²) in [6.45, 7) is 0.181. The summed E-state index contributed by atoms with van der Waals surface area (Å²) in [4.78, 5) is 0. The van der Waals surface area contributed by atoms with Gasteiger partial charge in [0.25, 0.3) is 0 Å². The zero-order valence-corrected chi connectivity index (χ0v) is 16.7. The lowest BCUT2D eigenvalue weighted by Gasteiger charge is -2.42. The first-order valence-electron chi connectivity index (χ1n) is 9.73. The van der Waals surface area contributed by atoms with Gasteiger partial charge in [0.1, 0.15) is 5.75 Å². The van der Waals surface area contributed by atoms with Gasteiger partial charge in [-0.15, -0.1) is 0 Å². The van der Waals surface area contributed by atoms with Crippen LogP contribution in [0.1, 0.15) is 36.3 Å². The van der Waals surface area contributed by atoms with Crippen LogP contribution in [-0.2, 0) is 0 Å². The highest BCUT2D eigenvalue weighted by molar-refractivity contribution is 5.60. The van der Waals surface area contributed by atoms with Crippen molar-refractivity contribution in [3.63, 3.8) is 0 Å². The number of rotatable bonds is 4. The molecule has 2 aromatic rings. The van der Waals surface area contributed by atoms with Crippen molar-refractivity contribution in [2.75, 3.05) is 28.1 Å². The molecule has 1 N–H and O–H groups in total. The third kappa shape index (κ3) is 2.68. The van der Waals surface area contributed by atoms with E-state index >= 15 is 0 Å². The van der Waals surface area contributed by atoms with Crippen LogP contribution < -0.4 is 28.4 Å².